The number of hydrogen-bond donors (Lipinski definition) is 2. The van der Waals surface area contributed by atoms with Gasteiger partial charge in [0.05, 0.1) is 23.7 Å². The van der Waals surface area contributed by atoms with E-state index in [9.17, 15) is 9.36 Å². The molecule has 0 saturated heterocycles. The van der Waals surface area contributed by atoms with E-state index in [-0.39, 0.29) is 25.2 Å². The average molecular weight is 676 g/mol. The van der Waals surface area contributed by atoms with E-state index in [0.29, 0.717) is 35.9 Å². The van der Waals surface area contributed by atoms with Gasteiger partial charge in [0.15, 0.2) is 5.82 Å². The Morgan fingerprint density at radius 2 is 1.71 bits per heavy atom. The summed E-state index contributed by atoms with van der Waals surface area (Å²) in [6, 6.07) is 19.6. The van der Waals surface area contributed by atoms with E-state index in [1.54, 1.807) is 32.9 Å². The van der Waals surface area contributed by atoms with E-state index in [1.165, 1.54) is 0 Å². The molecular formula is C36H46N5O6P. The van der Waals surface area contributed by atoms with Gasteiger partial charge in [-0.25, -0.2) is 14.5 Å². The van der Waals surface area contributed by atoms with Gasteiger partial charge >= 0.3 is 13.7 Å². The predicted octanol–water partition coefficient (Wildman–Crippen LogP) is 7.97. The lowest BCUT2D eigenvalue weighted by atomic mass is 10.1. The van der Waals surface area contributed by atoms with E-state index >= 15 is 0 Å². The number of anilines is 1. The van der Waals surface area contributed by atoms with Gasteiger partial charge in [0.1, 0.15) is 35.3 Å². The highest BCUT2D eigenvalue weighted by Crippen LogP contribution is 2.47. The Kier molecular flexibility index (Phi) is 10.7. The summed E-state index contributed by atoms with van der Waals surface area (Å²) in [5.74, 6) is 0.430. The van der Waals surface area contributed by atoms with Crippen LogP contribution in [0.25, 0.3) is 32.7 Å². The molecular weight excluding hydrogens is 629 g/mol. The Balaban J connectivity index is 1.55. The van der Waals surface area contributed by atoms with Crippen LogP contribution in [0, 0.1) is 5.92 Å². The first-order chi connectivity index (χ1) is 22.8. The van der Waals surface area contributed by atoms with Gasteiger partial charge in [-0.2, -0.15) is 5.09 Å². The SMILES string of the molecule is CCOCc1nc2c(N)nc3ccccc3c2n1[C@@H](CC)CO[P@@](=O)(N[C@H](C(=O)OC(C)(C)C)C(C)C)Oc1ccc2ccccc2c1. The second-order valence-electron chi connectivity index (χ2n) is 13.1. The Hall–Kier alpha value is -4.02. The molecule has 2 heterocycles. The minimum absolute atomic E-state index is 0.0470. The summed E-state index contributed by atoms with van der Waals surface area (Å²) < 4.78 is 40.9. The van der Waals surface area contributed by atoms with Crippen molar-refractivity contribution < 1.29 is 27.9 Å². The van der Waals surface area contributed by atoms with Crippen molar-refractivity contribution in [3.05, 3.63) is 72.6 Å². The van der Waals surface area contributed by atoms with E-state index in [1.807, 2.05) is 86.9 Å². The number of para-hydroxylation sites is 1. The van der Waals surface area contributed by atoms with Gasteiger partial charge in [-0.1, -0.05) is 69.3 Å². The molecule has 3 N–H and O–H groups in total. The van der Waals surface area contributed by atoms with Gasteiger partial charge < -0.3 is 24.3 Å². The second kappa shape index (κ2) is 14.6. The molecule has 0 aliphatic carbocycles. The maximum absolute atomic E-state index is 14.8. The van der Waals surface area contributed by atoms with Gasteiger partial charge in [0.25, 0.3) is 0 Å². The lowest BCUT2D eigenvalue weighted by molar-refractivity contribution is -0.158. The first kappa shape index (κ1) is 35.3. The van der Waals surface area contributed by atoms with Crippen molar-refractivity contribution in [2.24, 2.45) is 5.92 Å². The van der Waals surface area contributed by atoms with Gasteiger partial charge in [0.2, 0.25) is 0 Å². The Morgan fingerprint density at radius 3 is 2.40 bits per heavy atom. The van der Waals surface area contributed by atoms with Crippen LogP contribution < -0.4 is 15.3 Å². The van der Waals surface area contributed by atoms with Crippen LogP contribution in [0.5, 0.6) is 5.75 Å². The Bertz CT molecular complexity index is 1950. The molecule has 48 heavy (non-hydrogen) atoms. The number of carbonyl (C=O) groups excluding carboxylic acids is 1. The summed E-state index contributed by atoms with van der Waals surface area (Å²) in [6.45, 7) is 13.7. The van der Waals surface area contributed by atoms with Crippen LogP contribution in [0.4, 0.5) is 5.82 Å². The van der Waals surface area contributed by atoms with Crippen LogP contribution in [-0.4, -0.2) is 45.4 Å². The molecule has 5 rings (SSSR count). The van der Waals surface area contributed by atoms with Crippen LogP contribution in [0.1, 0.15) is 66.8 Å². The number of pyridine rings is 1. The molecule has 3 atom stereocenters. The summed E-state index contributed by atoms with van der Waals surface area (Å²) in [7, 11) is -4.22. The zero-order valence-corrected chi connectivity index (χ0v) is 29.6. The van der Waals surface area contributed by atoms with E-state index < -0.39 is 25.4 Å². The molecule has 11 nitrogen and oxygen atoms in total. The topological polar surface area (TPSA) is 140 Å². The molecule has 5 aromatic rings. The lowest BCUT2D eigenvalue weighted by Gasteiger charge is -2.30. The highest BCUT2D eigenvalue weighted by molar-refractivity contribution is 7.52. The van der Waals surface area contributed by atoms with Crippen molar-refractivity contribution in [3.8, 4) is 5.75 Å². The normalized spacial score (nSPS) is 14.8. The molecule has 0 bridgehead atoms. The third-order valence-electron chi connectivity index (χ3n) is 7.91. The quantitative estimate of drug-likeness (QED) is 0.0880. The van der Waals surface area contributed by atoms with Crippen molar-refractivity contribution in [3.63, 3.8) is 0 Å². The average Bonchev–Trinajstić information content (AvgIpc) is 3.42. The third kappa shape index (κ3) is 7.98. The van der Waals surface area contributed by atoms with Gasteiger partial charge in [-0.3, -0.25) is 9.32 Å². The zero-order valence-electron chi connectivity index (χ0n) is 28.7. The van der Waals surface area contributed by atoms with Crippen LogP contribution in [0.15, 0.2) is 66.7 Å². The van der Waals surface area contributed by atoms with Crippen LogP contribution in [0.2, 0.25) is 0 Å². The number of nitrogens with two attached hydrogens (primary N) is 1. The van der Waals surface area contributed by atoms with Crippen molar-refractivity contribution >= 4 is 52.2 Å². The number of esters is 1. The fraction of sp³-hybridized carbons (Fsp3) is 0.417. The Morgan fingerprint density at radius 1 is 1.00 bits per heavy atom. The number of nitrogens with zero attached hydrogens (tertiary/aromatic N) is 3. The molecule has 0 amide bonds. The summed E-state index contributed by atoms with van der Waals surface area (Å²) in [5, 5.41) is 5.73. The third-order valence-corrected chi connectivity index (χ3v) is 9.44. The van der Waals surface area contributed by atoms with E-state index in [4.69, 9.17) is 29.2 Å². The summed E-state index contributed by atoms with van der Waals surface area (Å²) in [5.41, 5.74) is 7.74. The molecule has 0 saturated carbocycles. The predicted molar refractivity (Wildman–Crippen MR) is 190 cm³/mol. The van der Waals surface area contributed by atoms with Crippen LogP contribution >= 0.6 is 7.75 Å². The number of rotatable bonds is 14. The molecule has 0 unspecified atom stereocenters. The second-order valence-corrected chi connectivity index (χ2v) is 14.8. The molecule has 0 fully saturated rings. The van der Waals surface area contributed by atoms with Gasteiger partial charge in [0, 0.05) is 12.0 Å². The summed E-state index contributed by atoms with van der Waals surface area (Å²) >= 11 is 0. The number of imidazole rings is 1. The molecule has 2 aromatic heterocycles. The van der Waals surface area contributed by atoms with Gasteiger partial charge in [-0.05, 0) is 69.0 Å². The number of carbonyl (C=O) groups is 1. The van der Waals surface area contributed by atoms with Crippen molar-refractivity contribution in [2.75, 3.05) is 18.9 Å². The number of ether oxygens (including phenoxy) is 2. The van der Waals surface area contributed by atoms with Crippen LogP contribution in [-0.2, 0) is 30.0 Å². The Labute approximate surface area is 281 Å². The number of benzene rings is 3. The van der Waals surface area contributed by atoms with E-state index in [2.05, 4.69) is 10.1 Å². The molecule has 3 aromatic carbocycles. The maximum atomic E-state index is 14.8. The number of aromatic nitrogens is 3. The molecule has 0 aliphatic rings. The fourth-order valence-electron chi connectivity index (χ4n) is 5.58. The van der Waals surface area contributed by atoms with Crippen molar-refractivity contribution in [1.82, 2.24) is 19.6 Å². The first-order valence-corrected chi connectivity index (χ1v) is 17.9. The summed E-state index contributed by atoms with van der Waals surface area (Å²) in [6.07, 6.45) is 0.580. The van der Waals surface area contributed by atoms with Crippen molar-refractivity contribution in [1.29, 1.82) is 0 Å². The molecule has 0 aliphatic heterocycles. The summed E-state index contributed by atoms with van der Waals surface area (Å²) in [4.78, 5) is 22.8. The standard InChI is InChI=1S/C36H46N5O6P/c1-8-26(41-30(22-44-9-2)39-32-33(41)28-16-12-13-17-29(28)38-34(32)37)21-45-48(43,40-31(23(3)4)35(42)46-36(5,6)7)47-27-19-18-24-14-10-11-15-25(24)20-27/h10-20,23,26,31H,8-9,21-22H2,1-7H3,(H2,37,38)(H,40,43)/t26-,31-,48-/m0/s1. The highest BCUT2D eigenvalue weighted by Gasteiger charge is 2.38. The molecule has 0 radical (unpaired) electrons. The molecule has 12 heteroatoms. The molecule has 256 valence electrons. The van der Waals surface area contributed by atoms with Crippen LogP contribution in [0.3, 0.4) is 0 Å². The first-order valence-electron chi connectivity index (χ1n) is 16.4. The minimum atomic E-state index is -4.22. The minimum Gasteiger partial charge on any atom is -0.459 e. The number of hydrogen-bond acceptors (Lipinski definition) is 9. The van der Waals surface area contributed by atoms with Crippen molar-refractivity contribution in [2.45, 2.75) is 79.2 Å². The molecule has 0 spiro atoms. The number of nitrogens with one attached hydrogen (secondary N) is 1. The number of nitrogen functional groups attached to an aromatic ring is 1. The highest BCUT2D eigenvalue weighted by atomic mass is 31.2. The monoisotopic (exact) mass is 675 g/mol. The fourth-order valence-corrected chi connectivity index (χ4v) is 7.26. The lowest BCUT2D eigenvalue weighted by Crippen LogP contribution is -2.44. The number of fused-ring (bicyclic) bond motifs is 4. The largest absolute Gasteiger partial charge is 0.459 e. The zero-order chi connectivity index (χ0) is 34.6. The van der Waals surface area contributed by atoms with Gasteiger partial charge in [-0.15, -0.1) is 0 Å². The smallest absolute Gasteiger partial charge is 0.459 e. The van der Waals surface area contributed by atoms with E-state index in [0.717, 1.165) is 27.2 Å². The maximum Gasteiger partial charge on any atom is 0.459 e.